The van der Waals surface area contributed by atoms with Gasteiger partial charge in [-0.3, -0.25) is 24.9 Å². The summed E-state index contributed by atoms with van der Waals surface area (Å²) in [4.78, 5) is 32.7. The Balaban J connectivity index is -0.000000124. The van der Waals surface area contributed by atoms with Gasteiger partial charge in [-0.2, -0.15) is 5.10 Å². The lowest BCUT2D eigenvalue weighted by Crippen LogP contribution is -2.26. The quantitative estimate of drug-likeness (QED) is 0.182. The Morgan fingerprint density at radius 2 is 1.37 bits per heavy atom. The number of aryl methyl sites for hydroxylation is 2. The number of nitrogens with one attached hydrogen (secondary N) is 3. The second kappa shape index (κ2) is 23.2. The van der Waals surface area contributed by atoms with Gasteiger partial charge in [-0.05, 0) is 27.2 Å². The van der Waals surface area contributed by atoms with Crippen LogP contribution in [0.4, 0.5) is 0 Å². The van der Waals surface area contributed by atoms with Gasteiger partial charge in [0.05, 0.1) is 14.2 Å². The fraction of sp³-hybridized carbons (Fsp3) is 0.625. The van der Waals surface area contributed by atoms with Crippen molar-refractivity contribution in [3.8, 4) is 0 Å². The van der Waals surface area contributed by atoms with Gasteiger partial charge in [-0.1, -0.05) is 6.92 Å². The van der Waals surface area contributed by atoms with Gasteiger partial charge in [0.25, 0.3) is 0 Å². The molecular weight excluding hydrogens is 356 g/mol. The fourth-order valence-corrected chi connectivity index (χ4v) is 0.455. The van der Waals surface area contributed by atoms with Crippen molar-refractivity contribution >= 4 is 23.6 Å². The molecule has 1 amide bonds. The highest BCUT2D eigenvalue weighted by atomic mass is 16.5. The minimum Gasteiger partial charge on any atom is -0.469 e. The van der Waals surface area contributed by atoms with Gasteiger partial charge < -0.3 is 14.9 Å². The van der Waals surface area contributed by atoms with E-state index in [4.69, 9.17) is 5.41 Å². The molecule has 158 valence electrons. The molecule has 5 N–H and O–H groups in total. The smallest absolute Gasteiger partial charge is 0.302 e. The number of nitrogens with two attached hydrogens (primary N) is 1. The monoisotopic (exact) mass is 390 g/mol. The molecule has 1 aromatic rings. The van der Waals surface area contributed by atoms with Gasteiger partial charge in [0.2, 0.25) is 5.91 Å². The molecular formula is C16H34N6O5. The normalized spacial score (nSPS) is 7.63. The first-order valence-corrected chi connectivity index (χ1v) is 7.83. The Kier molecular flexibility index (Phi) is 27.4. The van der Waals surface area contributed by atoms with E-state index >= 15 is 0 Å². The van der Waals surface area contributed by atoms with Crippen LogP contribution >= 0.6 is 0 Å². The number of carbonyl (C=O) groups is 3. The Hall–Kier alpha value is -2.82. The van der Waals surface area contributed by atoms with Crippen LogP contribution in [0.1, 0.15) is 52.7 Å². The molecule has 27 heavy (non-hydrogen) atoms. The van der Waals surface area contributed by atoms with Crippen LogP contribution in [-0.2, 0) is 23.9 Å². The molecule has 0 saturated heterocycles. The number of esters is 2. The molecule has 0 aromatic carbocycles. The number of nitrogens with zero attached hydrogens (tertiary/aromatic N) is 2. The summed E-state index contributed by atoms with van der Waals surface area (Å²) in [5, 5.41) is 13.2. The third kappa shape index (κ3) is 51.7. The first-order valence-electron chi connectivity index (χ1n) is 7.83. The molecule has 11 heteroatoms. The predicted octanol–water partition coefficient (Wildman–Crippen LogP) is 1.21. The molecule has 0 atom stereocenters. The first kappa shape index (κ1) is 31.9. The van der Waals surface area contributed by atoms with Crippen molar-refractivity contribution in [1.29, 1.82) is 5.41 Å². The largest absolute Gasteiger partial charge is 0.469 e. The summed E-state index contributed by atoms with van der Waals surface area (Å²) in [5.74, 6) is 5.54. The van der Waals surface area contributed by atoms with E-state index in [0.29, 0.717) is 0 Å². The van der Waals surface area contributed by atoms with Crippen LogP contribution in [0.25, 0.3) is 0 Å². The standard InChI is InChI=1S/C4H7N3.C4H9N.2C3H6O2.C2H6N2O/c1-3-5-4(2)7-6-3;1-3-4(2)5;2*1-3(4)5-2;1-2(5)4-3/h1-2H3,(H,5,6,7);5H,3H2,1-2H3;2*1-2H3;3H2,1H3,(H,4,5). The zero-order chi connectivity index (χ0) is 22.4. The van der Waals surface area contributed by atoms with Gasteiger partial charge in [0.15, 0.2) is 0 Å². The van der Waals surface area contributed by atoms with Gasteiger partial charge in [-0.15, -0.1) is 0 Å². The molecule has 0 spiro atoms. The van der Waals surface area contributed by atoms with E-state index in [0.717, 1.165) is 23.8 Å². The van der Waals surface area contributed by atoms with Crippen LogP contribution < -0.4 is 11.3 Å². The molecule has 0 radical (unpaired) electrons. The Labute approximate surface area is 160 Å². The van der Waals surface area contributed by atoms with E-state index < -0.39 is 0 Å². The Morgan fingerprint density at radius 1 is 1.07 bits per heavy atom. The molecule has 0 aliphatic rings. The number of H-pyrrole nitrogens is 1. The van der Waals surface area contributed by atoms with Crippen molar-refractivity contribution < 1.29 is 23.9 Å². The summed E-state index contributed by atoms with van der Waals surface area (Å²) in [6, 6.07) is 0. The van der Waals surface area contributed by atoms with Crippen molar-refractivity contribution in [2.75, 3.05) is 14.2 Å². The number of aromatic amines is 1. The predicted molar refractivity (Wildman–Crippen MR) is 103 cm³/mol. The minimum absolute atomic E-state index is 0.218. The lowest BCUT2D eigenvalue weighted by Gasteiger charge is -1.80. The summed E-state index contributed by atoms with van der Waals surface area (Å²) >= 11 is 0. The number of hydrogen-bond donors (Lipinski definition) is 4. The van der Waals surface area contributed by atoms with Crippen LogP contribution in [-0.4, -0.2) is 53.0 Å². The summed E-state index contributed by atoms with van der Waals surface area (Å²) in [7, 11) is 2.70. The number of amides is 1. The summed E-state index contributed by atoms with van der Waals surface area (Å²) in [6.07, 6.45) is 0.889. The summed E-state index contributed by atoms with van der Waals surface area (Å²) < 4.78 is 8.22. The fourth-order valence-electron chi connectivity index (χ4n) is 0.455. The molecule has 0 fully saturated rings. The topological polar surface area (TPSA) is 173 Å². The van der Waals surface area contributed by atoms with Gasteiger partial charge in [-0.25, -0.2) is 10.8 Å². The van der Waals surface area contributed by atoms with Gasteiger partial charge >= 0.3 is 11.9 Å². The van der Waals surface area contributed by atoms with Crippen LogP contribution in [0, 0.1) is 19.3 Å². The van der Waals surface area contributed by atoms with Gasteiger partial charge in [0, 0.05) is 26.5 Å². The van der Waals surface area contributed by atoms with Crippen molar-refractivity contribution in [1.82, 2.24) is 20.6 Å². The van der Waals surface area contributed by atoms with E-state index in [2.05, 4.69) is 30.5 Å². The number of ether oxygens (including phenoxy) is 2. The molecule has 0 unspecified atom stereocenters. The molecule has 1 rings (SSSR count). The Morgan fingerprint density at radius 3 is 1.41 bits per heavy atom. The highest BCUT2D eigenvalue weighted by molar-refractivity contribution is 5.78. The molecule has 0 aliphatic carbocycles. The first-order chi connectivity index (χ1) is 12.4. The van der Waals surface area contributed by atoms with Crippen LogP contribution in [0.5, 0.6) is 0 Å². The maximum Gasteiger partial charge on any atom is 0.302 e. The van der Waals surface area contributed by atoms with E-state index in [1.807, 2.05) is 26.2 Å². The maximum atomic E-state index is 9.59. The highest BCUT2D eigenvalue weighted by Crippen LogP contribution is 1.83. The molecule has 0 saturated carbocycles. The lowest BCUT2D eigenvalue weighted by atomic mass is 10.3. The van der Waals surface area contributed by atoms with E-state index in [-0.39, 0.29) is 17.8 Å². The molecule has 1 aromatic heterocycles. The SMILES string of the molecule is CC(=O)NN.CCC(C)=N.COC(C)=O.COC(C)=O.Cc1n[nH]c(C)n1. The van der Waals surface area contributed by atoms with Crippen LogP contribution in [0.15, 0.2) is 0 Å². The van der Waals surface area contributed by atoms with Crippen LogP contribution in [0.3, 0.4) is 0 Å². The third-order valence-corrected chi connectivity index (χ3v) is 2.02. The third-order valence-electron chi connectivity index (χ3n) is 2.02. The number of methoxy groups -OCH3 is 2. The highest BCUT2D eigenvalue weighted by Gasteiger charge is 1.86. The van der Waals surface area contributed by atoms with Gasteiger partial charge in [0.1, 0.15) is 11.6 Å². The maximum absolute atomic E-state index is 9.59. The summed E-state index contributed by atoms with van der Waals surface area (Å²) in [6.45, 7) is 11.6. The second-order valence-electron chi connectivity index (χ2n) is 4.69. The van der Waals surface area contributed by atoms with E-state index in [1.165, 1.54) is 35.0 Å². The molecule has 0 aliphatic heterocycles. The van der Waals surface area contributed by atoms with E-state index in [1.54, 1.807) is 6.92 Å². The number of hydrazine groups is 1. The average Bonchev–Trinajstić information content (AvgIpc) is 2.99. The number of carbonyl (C=O) groups excluding carboxylic acids is 3. The molecule has 11 nitrogen and oxygen atoms in total. The minimum atomic E-state index is -0.245. The second-order valence-corrected chi connectivity index (χ2v) is 4.69. The van der Waals surface area contributed by atoms with E-state index in [9.17, 15) is 14.4 Å². The number of rotatable bonds is 1. The number of hydrogen-bond acceptors (Lipinski definition) is 9. The Bertz CT molecular complexity index is 459. The van der Waals surface area contributed by atoms with Crippen molar-refractivity contribution in [2.24, 2.45) is 5.84 Å². The average molecular weight is 390 g/mol. The lowest BCUT2D eigenvalue weighted by molar-refractivity contribution is -0.138. The van der Waals surface area contributed by atoms with Crippen molar-refractivity contribution in [3.05, 3.63) is 11.6 Å². The van der Waals surface area contributed by atoms with Crippen molar-refractivity contribution in [2.45, 2.75) is 54.9 Å². The van der Waals surface area contributed by atoms with Crippen molar-refractivity contribution in [3.63, 3.8) is 0 Å². The molecule has 0 bridgehead atoms. The summed E-state index contributed by atoms with van der Waals surface area (Å²) in [5.41, 5.74) is 2.64. The number of aromatic nitrogens is 3. The molecule has 1 heterocycles. The zero-order valence-corrected chi connectivity index (χ0v) is 17.7. The van der Waals surface area contributed by atoms with Crippen LogP contribution in [0.2, 0.25) is 0 Å². The zero-order valence-electron chi connectivity index (χ0n) is 17.7.